The van der Waals surface area contributed by atoms with Crippen LogP contribution in [0.15, 0.2) is 36.5 Å². The van der Waals surface area contributed by atoms with Crippen LogP contribution in [-0.4, -0.2) is 57.7 Å². The fourth-order valence-corrected chi connectivity index (χ4v) is 5.57. The van der Waals surface area contributed by atoms with Crippen molar-refractivity contribution in [1.82, 2.24) is 14.8 Å². The first kappa shape index (κ1) is 21.8. The highest BCUT2D eigenvalue weighted by molar-refractivity contribution is 6.30. The fraction of sp³-hybridized carbons (Fsp3) is 0.391. The largest absolute Gasteiger partial charge is 0.342 e. The molecule has 1 aromatic carbocycles. The number of hydrogen-bond donors (Lipinski definition) is 0. The van der Waals surface area contributed by atoms with E-state index in [1.807, 2.05) is 0 Å². The van der Waals surface area contributed by atoms with Crippen LogP contribution in [0.4, 0.5) is 14.6 Å². The summed E-state index contributed by atoms with van der Waals surface area (Å²) in [6, 6.07) is 6.80. The van der Waals surface area contributed by atoms with Crippen molar-refractivity contribution in [3.8, 4) is 0 Å². The fourth-order valence-electron chi connectivity index (χ4n) is 5.43. The van der Waals surface area contributed by atoms with Crippen LogP contribution in [0.25, 0.3) is 0 Å². The van der Waals surface area contributed by atoms with Crippen LogP contribution in [0.2, 0.25) is 5.02 Å². The number of carbonyl (C=O) groups is 3. The lowest BCUT2D eigenvalue weighted by molar-refractivity contribution is -0.191. The third-order valence-electron chi connectivity index (χ3n) is 6.89. The predicted octanol–water partition coefficient (Wildman–Crippen LogP) is 2.77. The SMILES string of the molecule is CC(=O)N1CC2(C1)CC1(C2)C(=O)N(c2ncc(Cl)cc2F)CC(=O)N1Cc1ccc(F)cc1. The number of anilines is 1. The number of pyridine rings is 1. The summed E-state index contributed by atoms with van der Waals surface area (Å²) in [4.78, 5) is 47.0. The average Bonchev–Trinajstić information content (AvgIpc) is 2.69. The summed E-state index contributed by atoms with van der Waals surface area (Å²) in [6.07, 6.45) is 1.96. The molecule has 1 aromatic heterocycles. The summed E-state index contributed by atoms with van der Waals surface area (Å²) in [5, 5.41) is 0.0843. The van der Waals surface area contributed by atoms with E-state index < -0.39 is 23.1 Å². The van der Waals surface area contributed by atoms with Gasteiger partial charge in [0.2, 0.25) is 11.8 Å². The first-order chi connectivity index (χ1) is 15.6. The first-order valence-corrected chi connectivity index (χ1v) is 10.9. The molecular formula is C23H21ClF2N4O3. The molecule has 2 aliphatic heterocycles. The maximum atomic E-state index is 14.6. The number of likely N-dealkylation sites (tertiary alicyclic amines) is 1. The van der Waals surface area contributed by atoms with Gasteiger partial charge in [-0.05, 0) is 36.6 Å². The van der Waals surface area contributed by atoms with Crippen LogP contribution in [0.5, 0.6) is 0 Å². The van der Waals surface area contributed by atoms with E-state index in [2.05, 4.69) is 4.98 Å². The van der Waals surface area contributed by atoms with E-state index in [-0.39, 0.29) is 41.2 Å². The predicted molar refractivity (Wildman–Crippen MR) is 115 cm³/mol. The Morgan fingerprint density at radius 3 is 2.42 bits per heavy atom. The van der Waals surface area contributed by atoms with Gasteiger partial charge in [-0.2, -0.15) is 0 Å². The van der Waals surface area contributed by atoms with Crippen molar-refractivity contribution < 1.29 is 23.2 Å². The van der Waals surface area contributed by atoms with Gasteiger partial charge in [-0.25, -0.2) is 13.8 Å². The summed E-state index contributed by atoms with van der Waals surface area (Å²) in [5.41, 5.74) is -0.751. The van der Waals surface area contributed by atoms with E-state index in [0.717, 1.165) is 11.0 Å². The van der Waals surface area contributed by atoms with Crippen LogP contribution in [-0.2, 0) is 20.9 Å². The molecule has 5 rings (SSSR count). The van der Waals surface area contributed by atoms with Gasteiger partial charge in [0.25, 0.3) is 5.91 Å². The van der Waals surface area contributed by atoms with E-state index in [1.165, 1.54) is 30.2 Å². The Labute approximate surface area is 193 Å². The molecule has 0 bridgehead atoms. The smallest absolute Gasteiger partial charge is 0.254 e. The zero-order chi connectivity index (χ0) is 23.5. The Balaban J connectivity index is 1.48. The molecule has 0 atom stereocenters. The Morgan fingerprint density at radius 2 is 1.82 bits per heavy atom. The first-order valence-electron chi connectivity index (χ1n) is 10.6. The van der Waals surface area contributed by atoms with Gasteiger partial charge in [0, 0.05) is 38.2 Å². The molecule has 2 spiro atoms. The highest BCUT2D eigenvalue weighted by Gasteiger charge is 2.69. The molecule has 172 valence electrons. The maximum absolute atomic E-state index is 14.6. The molecule has 1 saturated carbocycles. The molecule has 3 amide bonds. The van der Waals surface area contributed by atoms with Crippen molar-refractivity contribution in [3.05, 3.63) is 58.7 Å². The standard InChI is InChI=1S/C23H21ClF2N4O3/c1-14(31)28-12-22(13-28)10-23(11-22)21(33)29(20-18(26)6-16(24)7-27-20)9-19(32)30(23)8-15-2-4-17(25)5-3-15/h2-7H,8-13H2,1H3. The number of nitrogens with zero attached hydrogens (tertiary/aromatic N) is 4. The molecule has 3 aliphatic rings. The van der Waals surface area contributed by atoms with Crippen molar-refractivity contribution in [2.75, 3.05) is 24.5 Å². The minimum absolute atomic E-state index is 0.0372. The Bertz CT molecular complexity index is 1160. The average molecular weight is 475 g/mol. The molecule has 0 radical (unpaired) electrons. The number of hydrogen-bond acceptors (Lipinski definition) is 4. The molecule has 3 fully saturated rings. The van der Waals surface area contributed by atoms with Gasteiger partial charge >= 0.3 is 0 Å². The Kier molecular flexibility index (Phi) is 4.93. The van der Waals surface area contributed by atoms with E-state index in [1.54, 1.807) is 17.0 Å². The lowest BCUT2D eigenvalue weighted by Crippen LogP contribution is -2.80. The molecule has 2 aromatic rings. The second-order valence-electron chi connectivity index (χ2n) is 9.22. The second kappa shape index (κ2) is 7.48. The van der Waals surface area contributed by atoms with Gasteiger partial charge in [-0.3, -0.25) is 19.3 Å². The Morgan fingerprint density at radius 1 is 1.15 bits per heavy atom. The van der Waals surface area contributed by atoms with E-state index >= 15 is 0 Å². The van der Waals surface area contributed by atoms with Crippen LogP contribution < -0.4 is 4.90 Å². The summed E-state index contributed by atoms with van der Waals surface area (Å²) in [7, 11) is 0. The second-order valence-corrected chi connectivity index (χ2v) is 9.65. The maximum Gasteiger partial charge on any atom is 0.254 e. The molecule has 0 unspecified atom stereocenters. The number of piperazine rings is 1. The van der Waals surface area contributed by atoms with Gasteiger partial charge in [0.05, 0.1) is 5.02 Å². The van der Waals surface area contributed by atoms with Gasteiger partial charge in [-0.15, -0.1) is 0 Å². The van der Waals surface area contributed by atoms with Crippen LogP contribution in [0.1, 0.15) is 25.3 Å². The van der Waals surface area contributed by atoms with Crippen LogP contribution >= 0.6 is 11.6 Å². The lowest BCUT2D eigenvalue weighted by atomic mass is 9.52. The summed E-state index contributed by atoms with van der Waals surface area (Å²) >= 11 is 5.80. The number of halogens is 3. The van der Waals surface area contributed by atoms with Crippen molar-refractivity contribution in [3.63, 3.8) is 0 Å². The van der Waals surface area contributed by atoms with Gasteiger partial charge in [0.1, 0.15) is 17.9 Å². The lowest BCUT2D eigenvalue weighted by Gasteiger charge is -2.67. The molecule has 33 heavy (non-hydrogen) atoms. The molecule has 1 aliphatic carbocycles. The number of rotatable bonds is 3. The minimum atomic E-state index is -1.18. The summed E-state index contributed by atoms with van der Waals surface area (Å²) in [5.74, 6) is -2.22. The normalized spacial score (nSPS) is 20.8. The van der Waals surface area contributed by atoms with Crippen LogP contribution in [0, 0.1) is 17.0 Å². The van der Waals surface area contributed by atoms with E-state index in [9.17, 15) is 23.2 Å². The quantitative estimate of drug-likeness (QED) is 0.685. The molecule has 10 heteroatoms. The number of carbonyl (C=O) groups excluding carboxylic acids is 3. The van der Waals surface area contributed by atoms with Gasteiger partial charge < -0.3 is 9.80 Å². The molecule has 0 N–H and O–H groups in total. The van der Waals surface area contributed by atoms with Gasteiger partial charge in [-0.1, -0.05) is 23.7 Å². The highest BCUT2D eigenvalue weighted by atomic mass is 35.5. The van der Waals surface area contributed by atoms with Crippen molar-refractivity contribution >= 4 is 35.1 Å². The third kappa shape index (κ3) is 3.45. The monoisotopic (exact) mass is 474 g/mol. The van der Waals surface area contributed by atoms with Crippen molar-refractivity contribution in [2.24, 2.45) is 5.41 Å². The zero-order valence-electron chi connectivity index (χ0n) is 17.9. The minimum Gasteiger partial charge on any atom is -0.342 e. The Hall–Kier alpha value is -3.07. The van der Waals surface area contributed by atoms with E-state index in [0.29, 0.717) is 31.5 Å². The highest BCUT2D eigenvalue weighted by Crippen LogP contribution is 2.58. The molecule has 3 heterocycles. The summed E-state index contributed by atoms with van der Waals surface area (Å²) in [6.45, 7) is 2.29. The molecule has 2 saturated heterocycles. The molecule has 7 nitrogen and oxygen atoms in total. The van der Waals surface area contributed by atoms with Crippen molar-refractivity contribution in [1.29, 1.82) is 0 Å². The zero-order valence-corrected chi connectivity index (χ0v) is 18.6. The topological polar surface area (TPSA) is 73.8 Å². The van der Waals surface area contributed by atoms with Gasteiger partial charge in [0.15, 0.2) is 11.6 Å². The van der Waals surface area contributed by atoms with Crippen molar-refractivity contribution in [2.45, 2.75) is 31.8 Å². The molecular weight excluding hydrogens is 454 g/mol. The number of amides is 3. The number of benzene rings is 1. The van der Waals surface area contributed by atoms with E-state index in [4.69, 9.17) is 11.6 Å². The summed E-state index contributed by atoms with van der Waals surface area (Å²) < 4.78 is 28.0. The number of aromatic nitrogens is 1. The third-order valence-corrected chi connectivity index (χ3v) is 7.09. The van der Waals surface area contributed by atoms with Crippen LogP contribution in [0.3, 0.4) is 0 Å².